The molecule has 2 nitrogen and oxygen atoms in total. The lowest BCUT2D eigenvalue weighted by molar-refractivity contribution is 0.173. The Morgan fingerprint density at radius 2 is 2.33 bits per heavy atom. The summed E-state index contributed by atoms with van der Waals surface area (Å²) in [5.74, 6) is 0. The predicted octanol–water partition coefficient (Wildman–Crippen LogP) is 3.04. The third-order valence-corrected chi connectivity index (χ3v) is 3.32. The van der Waals surface area contributed by atoms with Crippen molar-refractivity contribution in [3.63, 3.8) is 0 Å². The van der Waals surface area contributed by atoms with Crippen LogP contribution >= 0.6 is 11.3 Å². The fourth-order valence-corrected chi connectivity index (χ4v) is 2.29. The molecule has 1 unspecified atom stereocenters. The molecule has 0 saturated heterocycles. The van der Waals surface area contributed by atoms with Gasteiger partial charge in [0.1, 0.15) is 0 Å². The van der Waals surface area contributed by atoms with Crippen LogP contribution in [0.2, 0.25) is 0 Å². The van der Waals surface area contributed by atoms with Crippen LogP contribution in [0, 0.1) is 0 Å². The van der Waals surface area contributed by atoms with Gasteiger partial charge >= 0.3 is 0 Å². The number of hydrogen-bond acceptors (Lipinski definition) is 2. The first-order valence-corrected chi connectivity index (χ1v) is 6.03. The van der Waals surface area contributed by atoms with Crippen LogP contribution in [0.3, 0.4) is 0 Å². The molecule has 0 amide bonds. The van der Waals surface area contributed by atoms with Crippen molar-refractivity contribution >= 4 is 11.3 Å². The standard InChI is InChI=1S/C12H15NOS/c1-2-12(14)10-5-6-13(8-10)9-11-4-3-7-15-11/h3-8,12,14H,2,9H2,1H3. The SMILES string of the molecule is CCC(O)c1ccn(Cc2cccs2)c1. The Labute approximate surface area is 93.8 Å². The lowest BCUT2D eigenvalue weighted by Gasteiger charge is -2.04. The third-order valence-electron chi connectivity index (χ3n) is 2.46. The highest BCUT2D eigenvalue weighted by Crippen LogP contribution is 2.18. The summed E-state index contributed by atoms with van der Waals surface area (Å²) in [5.41, 5.74) is 1.01. The number of aliphatic hydroxyl groups excluding tert-OH is 1. The first kappa shape index (κ1) is 10.5. The van der Waals surface area contributed by atoms with Gasteiger partial charge in [-0.25, -0.2) is 0 Å². The monoisotopic (exact) mass is 221 g/mol. The van der Waals surface area contributed by atoms with E-state index < -0.39 is 0 Å². The van der Waals surface area contributed by atoms with Crippen LogP contribution in [0.15, 0.2) is 36.0 Å². The van der Waals surface area contributed by atoms with E-state index in [-0.39, 0.29) is 6.10 Å². The van der Waals surface area contributed by atoms with E-state index in [0.29, 0.717) is 0 Å². The van der Waals surface area contributed by atoms with E-state index in [2.05, 4.69) is 22.1 Å². The lowest BCUT2D eigenvalue weighted by atomic mass is 10.1. The molecule has 1 atom stereocenters. The minimum absolute atomic E-state index is 0.324. The van der Waals surface area contributed by atoms with Gasteiger partial charge in [-0.3, -0.25) is 0 Å². The van der Waals surface area contributed by atoms with Crippen molar-refractivity contribution < 1.29 is 5.11 Å². The maximum absolute atomic E-state index is 9.66. The van der Waals surface area contributed by atoms with Crippen molar-refractivity contribution in [2.75, 3.05) is 0 Å². The van der Waals surface area contributed by atoms with Crippen LogP contribution in [0.1, 0.15) is 29.9 Å². The largest absolute Gasteiger partial charge is 0.388 e. The molecule has 0 spiro atoms. The molecule has 2 aromatic heterocycles. The van der Waals surface area contributed by atoms with Gasteiger partial charge in [0.05, 0.1) is 12.6 Å². The summed E-state index contributed by atoms with van der Waals surface area (Å²) in [7, 11) is 0. The summed E-state index contributed by atoms with van der Waals surface area (Å²) >= 11 is 1.76. The Hall–Kier alpha value is -1.06. The average Bonchev–Trinajstić information content (AvgIpc) is 2.88. The topological polar surface area (TPSA) is 25.2 Å². The van der Waals surface area contributed by atoms with E-state index in [1.165, 1.54) is 4.88 Å². The lowest BCUT2D eigenvalue weighted by Crippen LogP contribution is -1.95. The molecule has 3 heteroatoms. The van der Waals surface area contributed by atoms with Gasteiger partial charge in [-0.1, -0.05) is 13.0 Å². The van der Waals surface area contributed by atoms with Crippen LogP contribution in [0.4, 0.5) is 0 Å². The molecule has 0 radical (unpaired) electrons. The van der Waals surface area contributed by atoms with E-state index in [4.69, 9.17) is 0 Å². The maximum Gasteiger partial charge on any atom is 0.0802 e. The van der Waals surface area contributed by atoms with Gasteiger partial charge in [0.2, 0.25) is 0 Å². The van der Waals surface area contributed by atoms with E-state index in [9.17, 15) is 5.11 Å². The van der Waals surface area contributed by atoms with Crippen LogP contribution < -0.4 is 0 Å². The maximum atomic E-state index is 9.66. The molecule has 2 rings (SSSR count). The van der Waals surface area contributed by atoms with Crippen molar-refractivity contribution in [3.05, 3.63) is 46.4 Å². The minimum atomic E-state index is -0.324. The van der Waals surface area contributed by atoms with Crippen molar-refractivity contribution in [3.8, 4) is 0 Å². The fraction of sp³-hybridized carbons (Fsp3) is 0.333. The summed E-state index contributed by atoms with van der Waals surface area (Å²) in [4.78, 5) is 1.34. The van der Waals surface area contributed by atoms with E-state index >= 15 is 0 Å². The quantitative estimate of drug-likeness (QED) is 0.843. The molecule has 0 fully saturated rings. The smallest absolute Gasteiger partial charge is 0.0802 e. The van der Waals surface area contributed by atoms with Crippen molar-refractivity contribution in [2.24, 2.45) is 0 Å². The molecule has 80 valence electrons. The number of rotatable bonds is 4. The highest BCUT2D eigenvalue weighted by atomic mass is 32.1. The van der Waals surface area contributed by atoms with E-state index in [1.807, 2.05) is 25.4 Å². The Balaban J connectivity index is 2.07. The second-order valence-electron chi connectivity index (χ2n) is 3.62. The zero-order valence-corrected chi connectivity index (χ0v) is 9.57. The van der Waals surface area contributed by atoms with Crippen molar-refractivity contribution in [1.82, 2.24) is 4.57 Å². The van der Waals surface area contributed by atoms with Crippen molar-refractivity contribution in [2.45, 2.75) is 26.0 Å². The normalized spacial score (nSPS) is 12.9. The van der Waals surface area contributed by atoms with Gasteiger partial charge < -0.3 is 9.67 Å². The van der Waals surface area contributed by atoms with Gasteiger partial charge in [0, 0.05) is 17.3 Å². The van der Waals surface area contributed by atoms with Crippen LogP contribution in [0.5, 0.6) is 0 Å². The first-order valence-electron chi connectivity index (χ1n) is 5.15. The summed E-state index contributed by atoms with van der Waals surface area (Å²) < 4.78 is 2.11. The van der Waals surface area contributed by atoms with Crippen molar-refractivity contribution in [1.29, 1.82) is 0 Å². The van der Waals surface area contributed by atoms with Gasteiger partial charge in [-0.05, 0) is 29.5 Å². The highest BCUT2D eigenvalue weighted by molar-refractivity contribution is 7.09. The number of aromatic nitrogens is 1. The number of hydrogen-bond donors (Lipinski definition) is 1. The second kappa shape index (κ2) is 4.64. The summed E-state index contributed by atoms with van der Waals surface area (Å²) in [6.07, 6.45) is 4.49. The number of aliphatic hydroxyl groups is 1. The summed E-state index contributed by atoms with van der Waals surface area (Å²) in [6, 6.07) is 6.17. The van der Waals surface area contributed by atoms with Crippen LogP contribution in [-0.4, -0.2) is 9.67 Å². The molecule has 1 N–H and O–H groups in total. The zero-order chi connectivity index (χ0) is 10.7. The Morgan fingerprint density at radius 1 is 1.47 bits per heavy atom. The molecule has 2 heterocycles. The Morgan fingerprint density at radius 3 is 3.00 bits per heavy atom. The molecule has 0 aliphatic heterocycles. The van der Waals surface area contributed by atoms with E-state index in [1.54, 1.807) is 11.3 Å². The van der Waals surface area contributed by atoms with Gasteiger partial charge in [0.25, 0.3) is 0 Å². The minimum Gasteiger partial charge on any atom is -0.388 e. The summed E-state index contributed by atoms with van der Waals surface area (Å²) in [5, 5.41) is 11.7. The second-order valence-corrected chi connectivity index (χ2v) is 4.65. The Kier molecular flexibility index (Phi) is 3.23. The predicted molar refractivity (Wildman–Crippen MR) is 63.1 cm³/mol. The molecule has 15 heavy (non-hydrogen) atoms. The average molecular weight is 221 g/mol. The first-order chi connectivity index (χ1) is 7.29. The molecule has 2 aromatic rings. The van der Waals surface area contributed by atoms with Gasteiger partial charge in [-0.2, -0.15) is 0 Å². The molecule has 0 aliphatic rings. The van der Waals surface area contributed by atoms with Crippen LogP contribution in [-0.2, 0) is 6.54 Å². The number of nitrogens with zero attached hydrogens (tertiary/aromatic N) is 1. The molecular formula is C12H15NOS. The zero-order valence-electron chi connectivity index (χ0n) is 8.76. The van der Waals surface area contributed by atoms with Gasteiger partial charge in [0.15, 0.2) is 0 Å². The summed E-state index contributed by atoms with van der Waals surface area (Å²) in [6.45, 7) is 2.88. The van der Waals surface area contributed by atoms with Crippen LogP contribution in [0.25, 0.3) is 0 Å². The molecule has 0 bridgehead atoms. The molecule has 0 aliphatic carbocycles. The molecular weight excluding hydrogens is 206 g/mol. The number of thiophene rings is 1. The fourth-order valence-electron chi connectivity index (χ4n) is 1.57. The van der Waals surface area contributed by atoms with Gasteiger partial charge in [-0.15, -0.1) is 11.3 Å². The Bertz CT molecular complexity index is 405. The molecule has 0 saturated carbocycles. The third kappa shape index (κ3) is 2.49. The molecule has 0 aromatic carbocycles. The van der Waals surface area contributed by atoms with E-state index in [0.717, 1.165) is 18.5 Å². The highest BCUT2D eigenvalue weighted by Gasteiger charge is 2.06.